The third kappa shape index (κ3) is 2.38. The molecule has 0 aromatic heterocycles. The van der Waals surface area contributed by atoms with Crippen molar-refractivity contribution in [1.29, 1.82) is 0 Å². The minimum Gasteiger partial charge on any atom is -0.465 e. The first-order valence-electron chi connectivity index (χ1n) is 5.52. The third-order valence-corrected chi connectivity index (χ3v) is 2.88. The van der Waals surface area contributed by atoms with Crippen molar-refractivity contribution < 1.29 is 14.3 Å². The number of hydrogen-bond acceptors (Lipinski definition) is 4. The lowest BCUT2D eigenvalue weighted by Gasteiger charge is -2.14. The fraction of sp³-hybridized carbons (Fsp3) is 0.727. The van der Waals surface area contributed by atoms with E-state index < -0.39 is 0 Å². The van der Waals surface area contributed by atoms with Crippen LogP contribution >= 0.6 is 0 Å². The van der Waals surface area contributed by atoms with Crippen LogP contribution in [0.2, 0.25) is 0 Å². The molecule has 2 bridgehead atoms. The van der Waals surface area contributed by atoms with Gasteiger partial charge in [-0.1, -0.05) is 12.2 Å². The summed E-state index contributed by atoms with van der Waals surface area (Å²) in [7, 11) is 0. The molecule has 84 valence electrons. The molecule has 2 N–H and O–H groups in total. The lowest BCUT2D eigenvalue weighted by atomic mass is 9.95. The zero-order valence-corrected chi connectivity index (χ0v) is 8.72. The number of carbonyl (C=O) groups excluding carboxylic acids is 1. The van der Waals surface area contributed by atoms with Crippen LogP contribution in [0.3, 0.4) is 0 Å². The van der Waals surface area contributed by atoms with Gasteiger partial charge < -0.3 is 15.2 Å². The number of fused-ring (bicyclic) bond motifs is 2. The minimum absolute atomic E-state index is 0.0444. The highest BCUT2D eigenvalue weighted by molar-refractivity contribution is 5.74. The summed E-state index contributed by atoms with van der Waals surface area (Å²) in [6, 6.07) is 0. The Hall–Kier alpha value is -0.870. The van der Waals surface area contributed by atoms with E-state index in [2.05, 4.69) is 0 Å². The van der Waals surface area contributed by atoms with Crippen molar-refractivity contribution in [3.05, 3.63) is 12.2 Å². The van der Waals surface area contributed by atoms with Crippen LogP contribution in [0, 0.1) is 5.92 Å². The van der Waals surface area contributed by atoms with Crippen molar-refractivity contribution in [2.75, 3.05) is 13.2 Å². The molecule has 0 spiro atoms. The van der Waals surface area contributed by atoms with Gasteiger partial charge in [-0.05, 0) is 25.8 Å². The first kappa shape index (κ1) is 10.6. The molecule has 1 saturated heterocycles. The predicted molar refractivity (Wildman–Crippen MR) is 55.2 cm³/mol. The largest absolute Gasteiger partial charge is 0.465 e. The number of ether oxygens (including phenoxy) is 2. The zero-order valence-electron chi connectivity index (χ0n) is 8.72. The molecule has 0 aromatic rings. The van der Waals surface area contributed by atoms with Gasteiger partial charge in [0.25, 0.3) is 0 Å². The van der Waals surface area contributed by atoms with Crippen molar-refractivity contribution in [2.45, 2.75) is 31.5 Å². The number of nitrogens with two attached hydrogens (primary N) is 1. The van der Waals surface area contributed by atoms with Crippen LogP contribution in [0.15, 0.2) is 12.2 Å². The second kappa shape index (κ2) is 4.77. The lowest BCUT2D eigenvalue weighted by molar-refractivity contribution is -0.149. The smallest absolute Gasteiger partial charge is 0.312 e. The average Bonchev–Trinajstić information content (AvgIpc) is 2.85. The van der Waals surface area contributed by atoms with Crippen molar-refractivity contribution in [1.82, 2.24) is 0 Å². The van der Waals surface area contributed by atoms with Crippen LogP contribution in [0.1, 0.15) is 19.3 Å². The van der Waals surface area contributed by atoms with Gasteiger partial charge in [0.1, 0.15) is 0 Å². The molecule has 0 aliphatic carbocycles. The topological polar surface area (TPSA) is 61.5 Å². The highest BCUT2D eigenvalue weighted by Crippen LogP contribution is 2.34. The van der Waals surface area contributed by atoms with Crippen LogP contribution in [-0.2, 0) is 14.3 Å². The van der Waals surface area contributed by atoms with E-state index in [4.69, 9.17) is 15.2 Å². The van der Waals surface area contributed by atoms with Gasteiger partial charge in [-0.15, -0.1) is 0 Å². The van der Waals surface area contributed by atoms with Crippen molar-refractivity contribution in [3.8, 4) is 0 Å². The Kier molecular flexibility index (Phi) is 3.38. The Morgan fingerprint density at radius 2 is 2.33 bits per heavy atom. The van der Waals surface area contributed by atoms with Crippen LogP contribution in [0.4, 0.5) is 0 Å². The summed E-state index contributed by atoms with van der Waals surface area (Å²) in [5.74, 6) is -0.207. The van der Waals surface area contributed by atoms with Gasteiger partial charge in [0.05, 0.1) is 24.7 Å². The Bertz CT molecular complexity index is 265. The molecule has 3 unspecified atom stereocenters. The van der Waals surface area contributed by atoms with Crippen LogP contribution in [-0.4, -0.2) is 31.3 Å². The monoisotopic (exact) mass is 211 g/mol. The summed E-state index contributed by atoms with van der Waals surface area (Å²) >= 11 is 0. The lowest BCUT2D eigenvalue weighted by Crippen LogP contribution is -2.25. The van der Waals surface area contributed by atoms with Gasteiger partial charge in [-0.3, -0.25) is 4.79 Å². The van der Waals surface area contributed by atoms with E-state index in [1.165, 1.54) is 0 Å². The summed E-state index contributed by atoms with van der Waals surface area (Å²) in [5.41, 5.74) is 5.35. The molecule has 0 saturated carbocycles. The highest BCUT2D eigenvalue weighted by atomic mass is 16.5. The molecule has 4 nitrogen and oxygen atoms in total. The molecule has 0 aromatic carbocycles. The molecule has 2 aliphatic heterocycles. The molecule has 0 amide bonds. The van der Waals surface area contributed by atoms with Gasteiger partial charge in [-0.25, -0.2) is 0 Å². The van der Waals surface area contributed by atoms with E-state index >= 15 is 0 Å². The fourth-order valence-corrected chi connectivity index (χ4v) is 2.03. The number of carbonyl (C=O) groups is 1. The van der Waals surface area contributed by atoms with Gasteiger partial charge in [0.15, 0.2) is 0 Å². The normalized spacial score (nSPS) is 32.2. The van der Waals surface area contributed by atoms with Gasteiger partial charge >= 0.3 is 5.97 Å². The second-order valence-corrected chi connectivity index (χ2v) is 4.03. The van der Waals surface area contributed by atoms with E-state index in [1.807, 2.05) is 12.2 Å². The highest BCUT2D eigenvalue weighted by Gasteiger charge is 2.41. The Morgan fingerprint density at radius 3 is 2.93 bits per heavy atom. The SMILES string of the molecule is NCCCCOC(=O)C1CC2C=CC1O2. The van der Waals surface area contributed by atoms with E-state index in [0.717, 1.165) is 19.3 Å². The maximum absolute atomic E-state index is 11.6. The Balaban J connectivity index is 1.70. The summed E-state index contributed by atoms with van der Waals surface area (Å²) in [4.78, 5) is 11.6. The molecule has 15 heavy (non-hydrogen) atoms. The van der Waals surface area contributed by atoms with E-state index in [0.29, 0.717) is 13.2 Å². The number of unbranched alkanes of at least 4 members (excludes halogenated alkanes) is 1. The van der Waals surface area contributed by atoms with Crippen molar-refractivity contribution in [3.63, 3.8) is 0 Å². The quantitative estimate of drug-likeness (QED) is 0.411. The van der Waals surface area contributed by atoms with Crippen LogP contribution < -0.4 is 5.73 Å². The molecular formula is C11H17NO3. The van der Waals surface area contributed by atoms with Crippen molar-refractivity contribution in [2.24, 2.45) is 11.7 Å². The first-order valence-corrected chi connectivity index (χ1v) is 5.52. The second-order valence-electron chi connectivity index (χ2n) is 4.03. The molecule has 2 rings (SSSR count). The molecule has 3 atom stereocenters. The summed E-state index contributed by atoms with van der Waals surface area (Å²) in [5, 5.41) is 0. The maximum Gasteiger partial charge on any atom is 0.312 e. The molecule has 2 aliphatic rings. The first-order chi connectivity index (χ1) is 7.31. The summed E-state index contributed by atoms with van der Waals surface area (Å²) in [6.45, 7) is 1.13. The van der Waals surface area contributed by atoms with Gasteiger partial charge in [0.2, 0.25) is 0 Å². The fourth-order valence-electron chi connectivity index (χ4n) is 2.03. The molecule has 1 fully saturated rings. The van der Waals surface area contributed by atoms with Crippen molar-refractivity contribution >= 4 is 5.97 Å². The van der Waals surface area contributed by atoms with E-state index in [9.17, 15) is 4.79 Å². The van der Waals surface area contributed by atoms with Crippen LogP contribution in [0.25, 0.3) is 0 Å². The average molecular weight is 211 g/mol. The van der Waals surface area contributed by atoms with E-state index in [1.54, 1.807) is 0 Å². The van der Waals surface area contributed by atoms with Gasteiger partial charge in [0, 0.05) is 0 Å². The number of esters is 1. The van der Waals surface area contributed by atoms with Gasteiger partial charge in [-0.2, -0.15) is 0 Å². The summed E-state index contributed by atoms with van der Waals surface area (Å²) in [6.07, 6.45) is 6.59. The zero-order chi connectivity index (χ0) is 10.7. The summed E-state index contributed by atoms with van der Waals surface area (Å²) < 4.78 is 10.7. The maximum atomic E-state index is 11.6. The molecule has 4 heteroatoms. The number of rotatable bonds is 5. The predicted octanol–water partition coefficient (Wildman–Crippen LogP) is 0.612. The molecule has 0 radical (unpaired) electrons. The molecule has 2 heterocycles. The number of hydrogen-bond donors (Lipinski definition) is 1. The Labute approximate surface area is 89.4 Å². The van der Waals surface area contributed by atoms with E-state index in [-0.39, 0.29) is 24.1 Å². The Morgan fingerprint density at radius 1 is 1.47 bits per heavy atom. The standard InChI is InChI=1S/C11H17NO3/c12-5-1-2-6-14-11(13)9-7-8-3-4-10(9)15-8/h3-4,8-10H,1-2,5-7,12H2. The van der Waals surface area contributed by atoms with Crippen LogP contribution in [0.5, 0.6) is 0 Å². The molecular weight excluding hydrogens is 194 g/mol. The minimum atomic E-state index is -0.121. The third-order valence-electron chi connectivity index (χ3n) is 2.88.